The van der Waals surface area contributed by atoms with Crippen molar-refractivity contribution in [2.75, 3.05) is 27.3 Å². The topological polar surface area (TPSA) is 67.9 Å². The van der Waals surface area contributed by atoms with Gasteiger partial charge in [0.2, 0.25) is 11.8 Å². The molecule has 1 aromatic rings. The van der Waals surface area contributed by atoms with Crippen LogP contribution in [0.15, 0.2) is 18.2 Å². The molecule has 0 radical (unpaired) electrons. The molecule has 2 amide bonds. The van der Waals surface area contributed by atoms with E-state index < -0.39 is 0 Å². The van der Waals surface area contributed by atoms with Crippen molar-refractivity contribution in [1.29, 1.82) is 0 Å². The van der Waals surface area contributed by atoms with Gasteiger partial charge in [-0.3, -0.25) is 9.59 Å². The van der Waals surface area contributed by atoms with Gasteiger partial charge in [-0.05, 0) is 37.0 Å². The quantitative estimate of drug-likeness (QED) is 0.859. The number of hydrogen-bond acceptors (Lipinski definition) is 4. The van der Waals surface area contributed by atoms with Gasteiger partial charge in [0.1, 0.15) is 0 Å². The van der Waals surface area contributed by atoms with Crippen molar-refractivity contribution in [3.05, 3.63) is 23.8 Å². The van der Waals surface area contributed by atoms with Gasteiger partial charge in [-0.25, -0.2) is 0 Å². The summed E-state index contributed by atoms with van der Waals surface area (Å²) < 4.78 is 10.5. The van der Waals surface area contributed by atoms with Crippen LogP contribution in [0.5, 0.6) is 11.5 Å². The molecule has 1 saturated carbocycles. The Kier molecular flexibility index (Phi) is 4.92. The van der Waals surface area contributed by atoms with Crippen molar-refractivity contribution in [3.63, 3.8) is 0 Å². The fourth-order valence-electron chi connectivity index (χ4n) is 3.24. The Bertz CT molecular complexity index is 625. The molecule has 0 aromatic heterocycles. The van der Waals surface area contributed by atoms with Crippen molar-refractivity contribution >= 4 is 11.8 Å². The molecule has 2 atom stereocenters. The van der Waals surface area contributed by atoms with Gasteiger partial charge in [-0.15, -0.1) is 0 Å². The summed E-state index contributed by atoms with van der Waals surface area (Å²) >= 11 is 0. The number of carbonyl (C=O) groups excluding carboxylic acids is 2. The number of methoxy groups -OCH3 is 2. The molecule has 1 saturated heterocycles. The minimum Gasteiger partial charge on any atom is -0.493 e. The standard InChI is InChI=1S/C18H24N2O4/c1-23-15-6-5-12(9-16(15)24-2)11-19-17(21)13-10-14(13)18(22)20-7-3-4-8-20/h5-6,9,13-14H,3-4,7-8,10-11H2,1-2H3,(H,19,21). The molecule has 3 rings (SSSR count). The van der Waals surface area contributed by atoms with Crippen LogP contribution in [0.2, 0.25) is 0 Å². The molecule has 0 bridgehead atoms. The van der Waals surface area contributed by atoms with Crippen molar-refractivity contribution in [3.8, 4) is 11.5 Å². The van der Waals surface area contributed by atoms with Crippen LogP contribution in [-0.2, 0) is 16.1 Å². The second kappa shape index (κ2) is 7.11. The van der Waals surface area contributed by atoms with Crippen molar-refractivity contribution in [2.24, 2.45) is 11.8 Å². The third-order valence-corrected chi connectivity index (χ3v) is 4.78. The molecule has 2 unspecified atom stereocenters. The Morgan fingerprint density at radius 1 is 1.12 bits per heavy atom. The normalized spacial score (nSPS) is 22.2. The first-order valence-electron chi connectivity index (χ1n) is 8.41. The first-order chi connectivity index (χ1) is 11.6. The lowest BCUT2D eigenvalue weighted by Gasteiger charge is -2.15. The summed E-state index contributed by atoms with van der Waals surface area (Å²) in [5, 5.41) is 2.92. The second-order valence-corrected chi connectivity index (χ2v) is 6.39. The highest BCUT2D eigenvalue weighted by atomic mass is 16.5. The minimum atomic E-state index is -0.168. The average molecular weight is 332 g/mol. The molecule has 6 nitrogen and oxygen atoms in total. The molecule has 1 heterocycles. The fourth-order valence-corrected chi connectivity index (χ4v) is 3.24. The number of carbonyl (C=O) groups is 2. The number of ether oxygens (including phenoxy) is 2. The zero-order valence-electron chi connectivity index (χ0n) is 14.2. The van der Waals surface area contributed by atoms with E-state index in [1.165, 1.54) is 0 Å². The van der Waals surface area contributed by atoms with Crippen LogP contribution in [0.4, 0.5) is 0 Å². The van der Waals surface area contributed by atoms with E-state index in [1.54, 1.807) is 14.2 Å². The molecule has 130 valence electrons. The smallest absolute Gasteiger partial charge is 0.226 e. The summed E-state index contributed by atoms with van der Waals surface area (Å²) in [6.45, 7) is 2.10. The summed E-state index contributed by atoms with van der Waals surface area (Å²) in [5.41, 5.74) is 0.934. The van der Waals surface area contributed by atoms with E-state index in [9.17, 15) is 9.59 Å². The van der Waals surface area contributed by atoms with Crippen molar-refractivity contribution in [2.45, 2.75) is 25.8 Å². The molecule has 2 aliphatic rings. The van der Waals surface area contributed by atoms with Crippen LogP contribution < -0.4 is 14.8 Å². The Morgan fingerprint density at radius 3 is 2.50 bits per heavy atom. The summed E-state index contributed by atoms with van der Waals surface area (Å²) in [6, 6.07) is 5.55. The second-order valence-electron chi connectivity index (χ2n) is 6.39. The highest BCUT2D eigenvalue weighted by Crippen LogP contribution is 2.40. The van der Waals surface area contributed by atoms with E-state index in [0.29, 0.717) is 24.5 Å². The van der Waals surface area contributed by atoms with E-state index in [0.717, 1.165) is 31.5 Å². The minimum absolute atomic E-state index is 0.0395. The molecule has 0 spiro atoms. The van der Waals surface area contributed by atoms with Gasteiger partial charge in [-0.1, -0.05) is 6.07 Å². The van der Waals surface area contributed by atoms with E-state index >= 15 is 0 Å². The molecule has 1 aromatic carbocycles. The molecule has 1 aliphatic carbocycles. The third kappa shape index (κ3) is 3.47. The predicted molar refractivity (Wildman–Crippen MR) is 88.8 cm³/mol. The molecular weight excluding hydrogens is 308 g/mol. The van der Waals surface area contributed by atoms with Crippen LogP contribution in [0, 0.1) is 11.8 Å². The predicted octanol–water partition coefficient (Wildman–Crippen LogP) is 1.58. The van der Waals surface area contributed by atoms with Gasteiger partial charge in [0.05, 0.1) is 26.1 Å². The first kappa shape index (κ1) is 16.6. The van der Waals surface area contributed by atoms with Gasteiger partial charge < -0.3 is 19.7 Å². The Balaban J connectivity index is 1.50. The maximum absolute atomic E-state index is 12.3. The molecule has 1 aliphatic heterocycles. The monoisotopic (exact) mass is 332 g/mol. The summed E-state index contributed by atoms with van der Waals surface area (Å²) in [4.78, 5) is 26.4. The van der Waals surface area contributed by atoms with Gasteiger partial charge >= 0.3 is 0 Å². The number of hydrogen-bond donors (Lipinski definition) is 1. The van der Waals surface area contributed by atoms with Gasteiger partial charge in [0.25, 0.3) is 0 Å². The average Bonchev–Trinajstić information content (AvgIpc) is 3.23. The van der Waals surface area contributed by atoms with Crippen LogP contribution in [-0.4, -0.2) is 44.0 Å². The largest absolute Gasteiger partial charge is 0.493 e. The van der Waals surface area contributed by atoms with Crippen molar-refractivity contribution < 1.29 is 19.1 Å². The van der Waals surface area contributed by atoms with E-state index in [2.05, 4.69) is 5.32 Å². The maximum Gasteiger partial charge on any atom is 0.226 e. The highest BCUT2D eigenvalue weighted by Gasteiger charge is 2.49. The molecule has 2 fully saturated rings. The molecule has 24 heavy (non-hydrogen) atoms. The molecule has 6 heteroatoms. The number of benzene rings is 1. The van der Waals surface area contributed by atoms with Gasteiger partial charge in [0, 0.05) is 19.6 Å². The van der Waals surface area contributed by atoms with Crippen molar-refractivity contribution in [1.82, 2.24) is 10.2 Å². The lowest BCUT2D eigenvalue weighted by molar-refractivity contribution is -0.133. The number of nitrogens with zero attached hydrogens (tertiary/aromatic N) is 1. The number of rotatable bonds is 6. The van der Waals surface area contributed by atoms with Gasteiger partial charge in [0.15, 0.2) is 11.5 Å². The Morgan fingerprint density at radius 2 is 1.83 bits per heavy atom. The van der Waals surface area contributed by atoms with E-state index in [4.69, 9.17) is 9.47 Å². The third-order valence-electron chi connectivity index (χ3n) is 4.78. The lowest BCUT2D eigenvalue weighted by Crippen LogP contribution is -2.32. The molecule has 1 N–H and O–H groups in total. The first-order valence-corrected chi connectivity index (χ1v) is 8.41. The van der Waals surface area contributed by atoms with Crippen LogP contribution in [0.3, 0.4) is 0 Å². The maximum atomic E-state index is 12.3. The number of amides is 2. The van der Waals surface area contributed by atoms with E-state index in [1.807, 2.05) is 23.1 Å². The Hall–Kier alpha value is -2.24. The van der Waals surface area contributed by atoms with Crippen LogP contribution in [0.25, 0.3) is 0 Å². The summed E-state index contributed by atoms with van der Waals surface area (Å²) in [6.07, 6.45) is 2.83. The van der Waals surface area contributed by atoms with Crippen LogP contribution >= 0.6 is 0 Å². The van der Waals surface area contributed by atoms with Crippen LogP contribution in [0.1, 0.15) is 24.8 Å². The van der Waals surface area contributed by atoms with E-state index in [-0.39, 0.29) is 23.7 Å². The molecular formula is C18H24N2O4. The fraction of sp³-hybridized carbons (Fsp3) is 0.556. The number of nitrogens with one attached hydrogen (secondary N) is 1. The SMILES string of the molecule is COc1ccc(CNC(=O)C2CC2C(=O)N2CCCC2)cc1OC. The summed E-state index contributed by atoms with van der Waals surface area (Å²) in [5.74, 6) is 1.12. The highest BCUT2D eigenvalue weighted by molar-refractivity contribution is 5.92. The lowest BCUT2D eigenvalue weighted by atomic mass is 10.2. The summed E-state index contributed by atoms with van der Waals surface area (Å²) in [7, 11) is 3.17. The Labute approximate surface area is 142 Å². The number of likely N-dealkylation sites (tertiary alicyclic amines) is 1. The zero-order valence-corrected chi connectivity index (χ0v) is 14.2. The van der Waals surface area contributed by atoms with Gasteiger partial charge in [-0.2, -0.15) is 0 Å². The zero-order chi connectivity index (χ0) is 17.1.